The Balaban J connectivity index is 1.81. The zero-order valence-electron chi connectivity index (χ0n) is 14.5. The second kappa shape index (κ2) is 8.23. The molecular formula is C22H14Cl2N2OS. The fourth-order valence-corrected chi connectivity index (χ4v) is 4.24. The Bertz CT molecular complexity index is 1060. The highest BCUT2D eigenvalue weighted by molar-refractivity contribution is 8.19. The van der Waals surface area contributed by atoms with Crippen LogP contribution in [-0.4, -0.2) is 11.1 Å². The molecule has 0 radical (unpaired) electrons. The van der Waals surface area contributed by atoms with Gasteiger partial charge in [0.1, 0.15) is 0 Å². The zero-order chi connectivity index (χ0) is 19.5. The van der Waals surface area contributed by atoms with Crippen molar-refractivity contribution in [3.63, 3.8) is 0 Å². The summed E-state index contributed by atoms with van der Waals surface area (Å²) in [7, 11) is 0. The van der Waals surface area contributed by atoms with Crippen LogP contribution in [0.3, 0.4) is 0 Å². The van der Waals surface area contributed by atoms with Crippen LogP contribution in [0.25, 0.3) is 6.08 Å². The van der Waals surface area contributed by atoms with Gasteiger partial charge in [0.25, 0.3) is 5.91 Å². The number of aliphatic imine (C=N–C) groups is 1. The number of benzene rings is 3. The van der Waals surface area contributed by atoms with Gasteiger partial charge in [0.05, 0.1) is 16.3 Å². The van der Waals surface area contributed by atoms with E-state index in [4.69, 9.17) is 23.2 Å². The van der Waals surface area contributed by atoms with Gasteiger partial charge in [0, 0.05) is 15.6 Å². The van der Waals surface area contributed by atoms with E-state index in [1.54, 1.807) is 29.2 Å². The van der Waals surface area contributed by atoms with Crippen molar-refractivity contribution < 1.29 is 4.79 Å². The summed E-state index contributed by atoms with van der Waals surface area (Å²) in [5.74, 6) is -0.165. The van der Waals surface area contributed by atoms with Crippen LogP contribution in [0.2, 0.25) is 10.0 Å². The lowest BCUT2D eigenvalue weighted by atomic mass is 10.2. The van der Waals surface area contributed by atoms with Gasteiger partial charge < -0.3 is 0 Å². The largest absolute Gasteiger partial charge is 0.271 e. The van der Waals surface area contributed by atoms with Gasteiger partial charge in [-0.15, -0.1) is 0 Å². The molecule has 1 amide bonds. The maximum absolute atomic E-state index is 13.2. The number of para-hydroxylation sites is 2. The van der Waals surface area contributed by atoms with Gasteiger partial charge in [-0.1, -0.05) is 65.7 Å². The lowest BCUT2D eigenvalue weighted by Crippen LogP contribution is -2.28. The predicted molar refractivity (Wildman–Crippen MR) is 119 cm³/mol. The van der Waals surface area contributed by atoms with E-state index in [-0.39, 0.29) is 5.91 Å². The van der Waals surface area contributed by atoms with Crippen molar-refractivity contribution in [2.24, 2.45) is 4.99 Å². The van der Waals surface area contributed by atoms with Crippen LogP contribution in [0.5, 0.6) is 0 Å². The molecule has 138 valence electrons. The van der Waals surface area contributed by atoms with Gasteiger partial charge in [-0.05, 0) is 54.2 Å². The molecule has 4 rings (SSSR count). The summed E-state index contributed by atoms with van der Waals surface area (Å²) in [4.78, 5) is 20.0. The van der Waals surface area contributed by atoms with E-state index in [0.717, 1.165) is 11.4 Å². The number of amidine groups is 1. The second-order valence-electron chi connectivity index (χ2n) is 5.95. The molecule has 0 spiro atoms. The summed E-state index contributed by atoms with van der Waals surface area (Å²) in [6.07, 6.45) is 1.72. The maximum Gasteiger partial charge on any atom is 0.271 e. The summed E-state index contributed by atoms with van der Waals surface area (Å²) in [6, 6.07) is 24.3. The summed E-state index contributed by atoms with van der Waals surface area (Å²) in [5.41, 5.74) is 2.15. The van der Waals surface area contributed by atoms with Crippen LogP contribution in [0.15, 0.2) is 88.8 Å². The SMILES string of the molecule is O=C1C(=Cc2c(Cl)cccc2Cl)SC(=Nc2ccccc2)N1c1ccccc1. The smallest absolute Gasteiger partial charge is 0.268 e. The third kappa shape index (κ3) is 3.85. The summed E-state index contributed by atoms with van der Waals surface area (Å²) in [5, 5.41) is 1.57. The Labute approximate surface area is 177 Å². The Morgan fingerprint density at radius 3 is 2.07 bits per heavy atom. The highest BCUT2D eigenvalue weighted by Crippen LogP contribution is 2.39. The molecule has 1 saturated heterocycles. The van der Waals surface area contributed by atoms with Crippen LogP contribution in [0, 0.1) is 0 Å². The van der Waals surface area contributed by atoms with E-state index in [9.17, 15) is 4.79 Å². The van der Waals surface area contributed by atoms with Crippen molar-refractivity contribution in [2.75, 3.05) is 4.90 Å². The van der Waals surface area contributed by atoms with Crippen molar-refractivity contribution >= 4 is 63.5 Å². The molecule has 1 aliphatic heterocycles. The summed E-state index contributed by atoms with van der Waals surface area (Å²) in [6.45, 7) is 0. The van der Waals surface area contributed by atoms with E-state index in [1.807, 2.05) is 60.7 Å². The van der Waals surface area contributed by atoms with Crippen LogP contribution < -0.4 is 4.90 Å². The number of amides is 1. The van der Waals surface area contributed by atoms with Crippen LogP contribution in [-0.2, 0) is 4.79 Å². The Hall–Kier alpha value is -2.53. The Kier molecular flexibility index (Phi) is 5.53. The number of hydrogen-bond donors (Lipinski definition) is 0. The molecule has 1 aliphatic rings. The first-order valence-electron chi connectivity index (χ1n) is 8.50. The highest BCUT2D eigenvalue weighted by atomic mass is 35.5. The number of rotatable bonds is 3. The summed E-state index contributed by atoms with van der Waals surface area (Å²) >= 11 is 13.9. The normalized spacial score (nSPS) is 16.9. The first-order chi connectivity index (χ1) is 13.6. The van der Waals surface area contributed by atoms with E-state index >= 15 is 0 Å². The number of carbonyl (C=O) groups excluding carboxylic acids is 1. The highest BCUT2D eigenvalue weighted by Gasteiger charge is 2.35. The van der Waals surface area contributed by atoms with Crippen LogP contribution in [0.1, 0.15) is 5.56 Å². The van der Waals surface area contributed by atoms with E-state index < -0.39 is 0 Å². The third-order valence-corrected chi connectivity index (χ3v) is 5.70. The average molecular weight is 425 g/mol. The van der Waals surface area contributed by atoms with Gasteiger partial charge >= 0.3 is 0 Å². The van der Waals surface area contributed by atoms with Gasteiger partial charge in [0.2, 0.25) is 0 Å². The lowest BCUT2D eigenvalue weighted by Gasteiger charge is -2.15. The number of hydrogen-bond acceptors (Lipinski definition) is 3. The number of nitrogens with zero attached hydrogens (tertiary/aromatic N) is 2. The van der Waals surface area contributed by atoms with Gasteiger partial charge in [-0.3, -0.25) is 9.69 Å². The quantitative estimate of drug-likeness (QED) is 0.432. The van der Waals surface area contributed by atoms with Crippen LogP contribution in [0.4, 0.5) is 11.4 Å². The molecule has 3 nitrogen and oxygen atoms in total. The molecule has 0 bridgehead atoms. The van der Waals surface area contributed by atoms with E-state index in [0.29, 0.717) is 25.7 Å². The minimum atomic E-state index is -0.165. The monoisotopic (exact) mass is 424 g/mol. The van der Waals surface area contributed by atoms with Crippen LogP contribution >= 0.6 is 35.0 Å². The van der Waals surface area contributed by atoms with Crippen molar-refractivity contribution in [1.29, 1.82) is 0 Å². The van der Waals surface area contributed by atoms with E-state index in [2.05, 4.69) is 4.99 Å². The first kappa shape index (κ1) is 18.8. The molecule has 0 unspecified atom stereocenters. The summed E-state index contributed by atoms with van der Waals surface area (Å²) < 4.78 is 0. The van der Waals surface area contributed by atoms with Gasteiger partial charge in [-0.2, -0.15) is 0 Å². The second-order valence-corrected chi connectivity index (χ2v) is 7.78. The Morgan fingerprint density at radius 1 is 0.821 bits per heavy atom. The molecule has 3 aromatic carbocycles. The topological polar surface area (TPSA) is 32.7 Å². The molecule has 1 fully saturated rings. The molecule has 3 aromatic rings. The molecule has 0 atom stereocenters. The predicted octanol–water partition coefficient (Wildman–Crippen LogP) is 6.80. The maximum atomic E-state index is 13.2. The van der Waals surface area contributed by atoms with Crippen molar-refractivity contribution in [3.8, 4) is 0 Å². The molecule has 28 heavy (non-hydrogen) atoms. The third-order valence-electron chi connectivity index (χ3n) is 4.08. The molecule has 0 saturated carbocycles. The fourth-order valence-electron chi connectivity index (χ4n) is 2.75. The molecule has 1 heterocycles. The van der Waals surface area contributed by atoms with Gasteiger partial charge in [0.15, 0.2) is 5.17 Å². The standard InChI is InChI=1S/C22H14Cl2N2OS/c23-18-12-7-13-19(24)17(18)14-20-21(27)26(16-10-5-2-6-11-16)22(28-20)25-15-8-3-1-4-9-15/h1-14H. The molecule has 0 N–H and O–H groups in total. The minimum Gasteiger partial charge on any atom is -0.268 e. The van der Waals surface area contributed by atoms with Crippen molar-refractivity contribution in [3.05, 3.63) is 99.4 Å². The number of carbonyl (C=O) groups is 1. The van der Waals surface area contributed by atoms with Gasteiger partial charge in [-0.25, -0.2) is 4.99 Å². The van der Waals surface area contributed by atoms with Crippen molar-refractivity contribution in [2.45, 2.75) is 0 Å². The number of halogens is 2. The first-order valence-corrected chi connectivity index (χ1v) is 10.1. The lowest BCUT2D eigenvalue weighted by molar-refractivity contribution is -0.113. The van der Waals surface area contributed by atoms with Crippen molar-refractivity contribution in [1.82, 2.24) is 0 Å². The molecular weight excluding hydrogens is 411 g/mol. The minimum absolute atomic E-state index is 0.165. The Morgan fingerprint density at radius 2 is 1.43 bits per heavy atom. The zero-order valence-corrected chi connectivity index (χ0v) is 16.9. The van der Waals surface area contributed by atoms with E-state index in [1.165, 1.54) is 11.8 Å². The fraction of sp³-hybridized carbons (Fsp3) is 0. The molecule has 0 aromatic heterocycles. The number of anilines is 1. The average Bonchev–Trinajstić information content (AvgIpc) is 3.01. The molecule has 0 aliphatic carbocycles. The molecule has 6 heteroatoms. The number of thioether (sulfide) groups is 1.